The van der Waals surface area contributed by atoms with Crippen LogP contribution in [0.4, 0.5) is 5.69 Å². The van der Waals surface area contributed by atoms with Crippen molar-refractivity contribution in [2.45, 2.75) is 77.4 Å². The van der Waals surface area contributed by atoms with Crippen LogP contribution in [0.15, 0.2) is 12.4 Å². The first-order valence-corrected chi connectivity index (χ1v) is 11.2. The summed E-state index contributed by atoms with van der Waals surface area (Å²) in [6.45, 7) is 5.46. The maximum absolute atomic E-state index is 13.5. The maximum atomic E-state index is 13.5. The van der Waals surface area contributed by atoms with Gasteiger partial charge in [0, 0.05) is 25.3 Å². The zero-order valence-corrected chi connectivity index (χ0v) is 17.9. The van der Waals surface area contributed by atoms with Gasteiger partial charge in [-0.15, -0.1) is 0 Å². The number of nitrogens with two attached hydrogens (primary N) is 1. The van der Waals surface area contributed by atoms with Gasteiger partial charge in [-0.25, -0.2) is 9.67 Å². The highest BCUT2D eigenvalue weighted by Gasteiger charge is 2.35. The van der Waals surface area contributed by atoms with Gasteiger partial charge in [0.2, 0.25) is 5.91 Å². The Balaban J connectivity index is 1.72. The Hall–Kier alpha value is -2.64. The van der Waals surface area contributed by atoms with E-state index in [2.05, 4.69) is 22.3 Å². The van der Waals surface area contributed by atoms with E-state index in [9.17, 15) is 9.59 Å². The average Bonchev–Trinajstić information content (AvgIpc) is 3.41. The summed E-state index contributed by atoms with van der Waals surface area (Å²) < 4.78 is 1.84. The number of nitrogens with zero attached hydrogens (tertiary/aromatic N) is 4. The number of aromatic nitrogens is 3. The molecule has 162 valence electrons. The predicted octanol–water partition coefficient (Wildman–Crippen LogP) is 2.92. The van der Waals surface area contributed by atoms with Crippen LogP contribution in [0, 0.1) is 5.92 Å². The van der Waals surface area contributed by atoms with Gasteiger partial charge in [-0.05, 0) is 45.4 Å². The zero-order valence-electron chi connectivity index (χ0n) is 17.9. The van der Waals surface area contributed by atoms with Crippen molar-refractivity contribution in [1.29, 1.82) is 0 Å². The Labute approximate surface area is 177 Å². The second kappa shape index (κ2) is 8.62. The minimum absolute atomic E-state index is 0.187. The molecule has 1 aliphatic carbocycles. The molecular weight excluding hydrogens is 380 g/mol. The molecule has 2 fully saturated rings. The van der Waals surface area contributed by atoms with Gasteiger partial charge in [0.25, 0.3) is 5.91 Å². The number of likely N-dealkylation sites (tertiary alicyclic amines) is 1. The van der Waals surface area contributed by atoms with E-state index in [4.69, 9.17) is 5.73 Å². The van der Waals surface area contributed by atoms with Crippen molar-refractivity contribution in [3.8, 4) is 0 Å². The van der Waals surface area contributed by atoms with Crippen LogP contribution in [0.5, 0.6) is 0 Å². The van der Waals surface area contributed by atoms with E-state index < -0.39 is 11.9 Å². The fraction of sp³-hybridized carbons (Fsp3) is 0.636. The number of aryl methyl sites for hydroxylation is 1. The minimum Gasteiger partial charge on any atom is -0.381 e. The topological polar surface area (TPSA) is 106 Å². The summed E-state index contributed by atoms with van der Waals surface area (Å²) in [5, 5.41) is 8.95. The Bertz CT molecular complexity index is 933. The molecule has 8 nitrogen and oxygen atoms in total. The Morgan fingerprint density at radius 2 is 1.97 bits per heavy atom. The first kappa shape index (κ1) is 20.6. The molecule has 8 heteroatoms. The number of hydrogen-bond acceptors (Lipinski definition) is 5. The number of hydrogen-bond donors (Lipinski definition) is 2. The molecule has 1 aliphatic heterocycles. The fourth-order valence-electron chi connectivity index (χ4n) is 5.02. The molecule has 0 aromatic carbocycles. The number of carbonyl (C=O) groups excluding carboxylic acids is 2. The third-order valence-corrected chi connectivity index (χ3v) is 6.77. The number of fused-ring (bicyclic) bond motifs is 1. The van der Waals surface area contributed by atoms with Crippen LogP contribution in [0.1, 0.15) is 69.2 Å². The lowest BCUT2D eigenvalue weighted by Crippen LogP contribution is -2.44. The molecule has 2 aromatic heterocycles. The first-order chi connectivity index (χ1) is 14.5. The summed E-state index contributed by atoms with van der Waals surface area (Å²) in [5.74, 6) is -0.0524. The van der Waals surface area contributed by atoms with Gasteiger partial charge in [0.15, 0.2) is 5.65 Å². The highest BCUT2D eigenvalue weighted by Crippen LogP contribution is 2.33. The van der Waals surface area contributed by atoms with Crippen LogP contribution in [0.2, 0.25) is 0 Å². The molecule has 2 aliphatic rings. The molecule has 4 rings (SSSR count). The van der Waals surface area contributed by atoms with Crippen LogP contribution in [0.25, 0.3) is 11.0 Å². The molecule has 0 bridgehead atoms. The summed E-state index contributed by atoms with van der Waals surface area (Å²) in [7, 11) is 0. The number of nitrogens with one attached hydrogen (secondary N) is 1. The van der Waals surface area contributed by atoms with Gasteiger partial charge >= 0.3 is 0 Å². The second-order valence-electron chi connectivity index (χ2n) is 8.63. The summed E-state index contributed by atoms with van der Waals surface area (Å²) in [5.41, 5.74) is 7.59. The van der Waals surface area contributed by atoms with E-state index in [1.807, 2.05) is 11.6 Å². The Morgan fingerprint density at radius 3 is 2.67 bits per heavy atom. The van der Waals surface area contributed by atoms with Crippen LogP contribution >= 0.6 is 0 Å². The molecule has 0 spiro atoms. The Morgan fingerprint density at radius 1 is 1.20 bits per heavy atom. The molecule has 0 unspecified atom stereocenters. The lowest BCUT2D eigenvalue weighted by molar-refractivity contribution is -0.121. The van der Waals surface area contributed by atoms with E-state index in [0.29, 0.717) is 31.0 Å². The van der Waals surface area contributed by atoms with Gasteiger partial charge in [-0.1, -0.05) is 19.3 Å². The molecule has 2 aromatic rings. The monoisotopic (exact) mass is 412 g/mol. The van der Waals surface area contributed by atoms with Gasteiger partial charge < -0.3 is 16.0 Å². The highest BCUT2D eigenvalue weighted by molar-refractivity contribution is 6.07. The van der Waals surface area contributed by atoms with E-state index in [1.54, 1.807) is 17.3 Å². The first-order valence-electron chi connectivity index (χ1n) is 11.2. The molecule has 0 radical (unpaired) electrons. The molecule has 1 saturated heterocycles. The second-order valence-corrected chi connectivity index (χ2v) is 8.63. The van der Waals surface area contributed by atoms with Crippen LogP contribution in [0.3, 0.4) is 0 Å². The van der Waals surface area contributed by atoms with Crippen molar-refractivity contribution in [3.05, 3.63) is 18.0 Å². The molecule has 3 N–H and O–H groups in total. The van der Waals surface area contributed by atoms with Crippen molar-refractivity contribution in [2.75, 3.05) is 11.9 Å². The van der Waals surface area contributed by atoms with Crippen molar-refractivity contribution < 1.29 is 9.59 Å². The summed E-state index contributed by atoms with van der Waals surface area (Å²) >= 11 is 0. The predicted molar refractivity (Wildman–Crippen MR) is 116 cm³/mol. The molecule has 30 heavy (non-hydrogen) atoms. The smallest absolute Gasteiger partial charge is 0.258 e. The number of anilines is 1. The molecule has 2 amide bonds. The lowest BCUT2D eigenvalue weighted by atomic mass is 9.84. The molecule has 1 saturated carbocycles. The van der Waals surface area contributed by atoms with Crippen LogP contribution in [-0.4, -0.2) is 50.1 Å². The van der Waals surface area contributed by atoms with Gasteiger partial charge in [-0.2, -0.15) is 5.10 Å². The third kappa shape index (κ3) is 3.75. The number of rotatable bonds is 6. The Kier molecular flexibility index (Phi) is 5.92. The average molecular weight is 413 g/mol. The van der Waals surface area contributed by atoms with Gasteiger partial charge in [-0.3, -0.25) is 9.59 Å². The van der Waals surface area contributed by atoms with Crippen molar-refractivity contribution in [2.24, 2.45) is 11.7 Å². The highest BCUT2D eigenvalue weighted by atomic mass is 16.2. The standard InChI is InChI=1S/C22H32N6O2/c1-3-28-21-16(13-25-28)19(26-14(2)15-8-5-4-6-9-15)17(12-24-21)22(30)27-11-7-10-18(27)20(23)29/h12-15,18H,3-11H2,1-2H3,(H2,23,29)(H,24,26)/t14-,18+/m1/s1. The van der Waals surface area contributed by atoms with Crippen molar-refractivity contribution in [3.63, 3.8) is 0 Å². The van der Waals surface area contributed by atoms with Crippen LogP contribution in [-0.2, 0) is 11.3 Å². The van der Waals surface area contributed by atoms with Crippen LogP contribution < -0.4 is 11.1 Å². The number of pyridine rings is 1. The van der Waals surface area contributed by atoms with E-state index in [-0.39, 0.29) is 11.9 Å². The SMILES string of the molecule is CCn1ncc2c(N[C@H](C)C3CCCCC3)c(C(=O)N3CCC[C@H]3C(N)=O)cnc21. The summed E-state index contributed by atoms with van der Waals surface area (Å²) in [6.07, 6.45) is 11.0. The molecule has 3 heterocycles. The van der Waals surface area contributed by atoms with Crippen molar-refractivity contribution in [1.82, 2.24) is 19.7 Å². The van der Waals surface area contributed by atoms with Gasteiger partial charge in [0.1, 0.15) is 6.04 Å². The summed E-state index contributed by atoms with van der Waals surface area (Å²) in [4.78, 5) is 31.5. The molecule has 2 atom stereocenters. The van der Waals surface area contributed by atoms with E-state index in [1.165, 1.54) is 32.1 Å². The molecular formula is C22H32N6O2. The maximum Gasteiger partial charge on any atom is 0.258 e. The zero-order chi connectivity index (χ0) is 21.3. The minimum atomic E-state index is -0.546. The normalized spacial score (nSPS) is 21.1. The lowest BCUT2D eigenvalue weighted by Gasteiger charge is -2.30. The largest absolute Gasteiger partial charge is 0.381 e. The van der Waals surface area contributed by atoms with E-state index in [0.717, 1.165) is 23.1 Å². The summed E-state index contributed by atoms with van der Waals surface area (Å²) in [6, 6.07) is -0.312. The van der Waals surface area contributed by atoms with E-state index >= 15 is 0 Å². The number of primary amides is 1. The number of amides is 2. The number of carbonyl (C=O) groups is 2. The third-order valence-electron chi connectivity index (χ3n) is 6.77. The fourth-order valence-corrected chi connectivity index (χ4v) is 5.02. The van der Waals surface area contributed by atoms with Gasteiger partial charge in [0.05, 0.1) is 22.8 Å². The van der Waals surface area contributed by atoms with Crippen molar-refractivity contribution >= 4 is 28.5 Å². The quantitative estimate of drug-likeness (QED) is 0.759.